The Morgan fingerprint density at radius 1 is 1.15 bits per heavy atom. The molecule has 0 bridgehead atoms. The highest BCUT2D eigenvalue weighted by Gasteiger charge is 2.22. The third-order valence-corrected chi connectivity index (χ3v) is 3.29. The second kappa shape index (κ2) is 5.92. The highest BCUT2D eigenvalue weighted by Crippen LogP contribution is 2.40. The number of halogens is 1. The Labute approximate surface area is 124 Å². The molecular weight excluding hydrogens is 326 g/mol. The molecule has 0 N–H and O–H groups in total. The van der Waals surface area contributed by atoms with Crippen molar-refractivity contribution < 1.29 is 14.4 Å². The third-order valence-electron chi connectivity index (χ3n) is 2.67. The number of nitrogens with zero attached hydrogens (tertiary/aromatic N) is 1. The zero-order valence-electron chi connectivity index (χ0n) is 10.9. The van der Waals surface area contributed by atoms with Gasteiger partial charge in [-0.25, -0.2) is 0 Å². The first-order valence-corrected chi connectivity index (χ1v) is 6.57. The van der Waals surface area contributed by atoms with Gasteiger partial charge in [0.15, 0.2) is 0 Å². The fourth-order valence-corrected chi connectivity index (χ4v) is 2.31. The van der Waals surface area contributed by atoms with Crippen LogP contribution in [0.1, 0.15) is 5.56 Å². The van der Waals surface area contributed by atoms with Gasteiger partial charge in [-0.3, -0.25) is 10.1 Å². The van der Waals surface area contributed by atoms with Gasteiger partial charge in [0.1, 0.15) is 5.75 Å². The molecule has 0 aliphatic rings. The molecule has 0 fully saturated rings. The molecule has 0 heterocycles. The van der Waals surface area contributed by atoms with Crippen LogP contribution >= 0.6 is 15.9 Å². The predicted octanol–water partition coefficient (Wildman–Crippen LogP) is 4.47. The third kappa shape index (κ3) is 2.91. The van der Waals surface area contributed by atoms with Crippen molar-refractivity contribution in [2.24, 2.45) is 0 Å². The molecule has 0 spiro atoms. The summed E-state index contributed by atoms with van der Waals surface area (Å²) < 4.78 is 11.4. The molecule has 2 rings (SSSR count). The van der Waals surface area contributed by atoms with Crippen molar-refractivity contribution in [2.75, 3.05) is 7.11 Å². The molecule has 6 heteroatoms. The number of hydrogen-bond acceptors (Lipinski definition) is 4. The summed E-state index contributed by atoms with van der Waals surface area (Å²) in [7, 11) is 1.38. The Hall–Kier alpha value is -2.08. The molecule has 0 radical (unpaired) electrons. The van der Waals surface area contributed by atoms with E-state index in [9.17, 15) is 10.1 Å². The maximum absolute atomic E-state index is 11.2. The van der Waals surface area contributed by atoms with Crippen molar-refractivity contribution in [3.05, 3.63) is 56.5 Å². The first-order chi connectivity index (χ1) is 9.52. The zero-order valence-corrected chi connectivity index (χ0v) is 12.5. The van der Waals surface area contributed by atoms with E-state index < -0.39 is 4.92 Å². The van der Waals surface area contributed by atoms with E-state index in [2.05, 4.69) is 15.9 Å². The largest absolute Gasteiger partial charge is 0.490 e. The molecule has 5 nitrogen and oxygen atoms in total. The van der Waals surface area contributed by atoms with Gasteiger partial charge in [0.25, 0.3) is 0 Å². The van der Waals surface area contributed by atoms with E-state index in [1.54, 1.807) is 12.1 Å². The van der Waals surface area contributed by atoms with Crippen LogP contribution in [0.15, 0.2) is 40.9 Å². The number of nitro groups is 1. The van der Waals surface area contributed by atoms with Crippen LogP contribution in [0.2, 0.25) is 0 Å². The van der Waals surface area contributed by atoms with Crippen LogP contribution in [0.4, 0.5) is 5.69 Å². The molecule has 0 saturated heterocycles. The van der Waals surface area contributed by atoms with Crippen molar-refractivity contribution in [1.29, 1.82) is 0 Å². The lowest BCUT2D eigenvalue weighted by molar-refractivity contribution is -0.386. The van der Waals surface area contributed by atoms with Crippen molar-refractivity contribution in [2.45, 2.75) is 6.92 Å². The lowest BCUT2D eigenvalue weighted by atomic mass is 10.2. The van der Waals surface area contributed by atoms with Gasteiger partial charge < -0.3 is 9.47 Å². The van der Waals surface area contributed by atoms with Gasteiger partial charge >= 0.3 is 5.69 Å². The van der Waals surface area contributed by atoms with Crippen molar-refractivity contribution in [3.8, 4) is 17.2 Å². The lowest BCUT2D eigenvalue weighted by Gasteiger charge is -2.10. The van der Waals surface area contributed by atoms with E-state index in [4.69, 9.17) is 9.47 Å². The minimum atomic E-state index is -0.518. The lowest BCUT2D eigenvalue weighted by Crippen LogP contribution is -1.97. The number of ether oxygens (including phenoxy) is 2. The molecular formula is C14H12BrNO4. The summed E-state index contributed by atoms with van der Waals surface area (Å²) in [5.74, 6) is 0.807. The summed E-state index contributed by atoms with van der Waals surface area (Å²) in [6.07, 6.45) is 0. The van der Waals surface area contributed by atoms with Crippen LogP contribution in [0.5, 0.6) is 17.2 Å². The van der Waals surface area contributed by atoms with Gasteiger partial charge in [-0.15, -0.1) is 0 Å². The van der Waals surface area contributed by atoms with Crippen LogP contribution in [0.3, 0.4) is 0 Å². The second-order valence-electron chi connectivity index (χ2n) is 4.10. The Balaban J connectivity index is 2.45. The van der Waals surface area contributed by atoms with Crippen LogP contribution in [-0.4, -0.2) is 12.0 Å². The van der Waals surface area contributed by atoms with Gasteiger partial charge in [-0.2, -0.15) is 0 Å². The molecule has 0 amide bonds. The van der Waals surface area contributed by atoms with E-state index in [0.717, 1.165) is 10.0 Å². The molecule has 0 saturated carbocycles. The Bertz CT molecular complexity index is 658. The summed E-state index contributed by atoms with van der Waals surface area (Å²) in [4.78, 5) is 10.6. The van der Waals surface area contributed by atoms with Crippen molar-refractivity contribution >= 4 is 21.6 Å². The van der Waals surface area contributed by atoms with Gasteiger partial charge in [-0.1, -0.05) is 12.1 Å². The molecule has 0 aliphatic heterocycles. The van der Waals surface area contributed by atoms with Gasteiger partial charge in [-0.05, 0) is 52.7 Å². The van der Waals surface area contributed by atoms with E-state index in [1.807, 2.05) is 19.1 Å². The first-order valence-electron chi connectivity index (χ1n) is 5.78. The Kier molecular flexibility index (Phi) is 4.24. The average Bonchev–Trinajstić information content (AvgIpc) is 2.41. The SMILES string of the molecule is COc1cccc(Oc2ccc(C)cc2Br)c1[N+](=O)[O-]. The number of methoxy groups -OCH3 is 1. The van der Waals surface area contributed by atoms with Crippen LogP contribution in [0, 0.1) is 17.0 Å². The number of nitro benzene ring substituents is 1. The highest BCUT2D eigenvalue weighted by atomic mass is 79.9. The highest BCUT2D eigenvalue weighted by molar-refractivity contribution is 9.10. The normalized spacial score (nSPS) is 10.2. The summed E-state index contributed by atoms with van der Waals surface area (Å²) in [6, 6.07) is 10.2. The summed E-state index contributed by atoms with van der Waals surface area (Å²) in [5, 5.41) is 11.2. The average molecular weight is 338 g/mol. The topological polar surface area (TPSA) is 61.6 Å². The molecule has 20 heavy (non-hydrogen) atoms. The zero-order chi connectivity index (χ0) is 14.7. The van der Waals surface area contributed by atoms with Crippen LogP contribution in [0.25, 0.3) is 0 Å². The molecule has 104 valence electrons. The van der Waals surface area contributed by atoms with Gasteiger partial charge in [0, 0.05) is 0 Å². The van der Waals surface area contributed by atoms with E-state index in [1.165, 1.54) is 19.2 Å². The van der Waals surface area contributed by atoms with Gasteiger partial charge in [0.05, 0.1) is 16.5 Å². The fourth-order valence-electron chi connectivity index (χ4n) is 1.74. The number of aryl methyl sites for hydroxylation is 1. The summed E-state index contributed by atoms with van der Waals surface area (Å²) >= 11 is 3.38. The number of rotatable bonds is 4. The quantitative estimate of drug-likeness (QED) is 0.610. The van der Waals surface area contributed by atoms with Crippen LogP contribution < -0.4 is 9.47 Å². The van der Waals surface area contributed by atoms with Gasteiger partial charge in [0.2, 0.25) is 11.5 Å². The van der Waals surface area contributed by atoms with Crippen molar-refractivity contribution in [1.82, 2.24) is 0 Å². The summed E-state index contributed by atoms with van der Waals surface area (Å²) in [6.45, 7) is 1.95. The Morgan fingerprint density at radius 3 is 2.45 bits per heavy atom. The molecule has 0 unspecified atom stereocenters. The smallest absolute Gasteiger partial charge is 0.352 e. The predicted molar refractivity (Wildman–Crippen MR) is 78.6 cm³/mol. The fraction of sp³-hybridized carbons (Fsp3) is 0.143. The first kappa shape index (κ1) is 14.3. The monoisotopic (exact) mass is 337 g/mol. The van der Waals surface area contributed by atoms with Crippen LogP contribution in [-0.2, 0) is 0 Å². The van der Waals surface area contributed by atoms with E-state index in [0.29, 0.717) is 5.75 Å². The molecule has 2 aromatic rings. The molecule has 0 aliphatic carbocycles. The van der Waals surface area contributed by atoms with E-state index in [-0.39, 0.29) is 17.2 Å². The summed E-state index contributed by atoms with van der Waals surface area (Å²) in [5.41, 5.74) is 0.867. The minimum absolute atomic E-state index is 0.138. The second-order valence-corrected chi connectivity index (χ2v) is 4.95. The Morgan fingerprint density at radius 2 is 1.85 bits per heavy atom. The molecule has 2 aromatic carbocycles. The maximum atomic E-state index is 11.2. The van der Waals surface area contributed by atoms with E-state index >= 15 is 0 Å². The number of benzene rings is 2. The van der Waals surface area contributed by atoms with Crippen molar-refractivity contribution in [3.63, 3.8) is 0 Å². The number of para-hydroxylation sites is 1. The maximum Gasteiger partial charge on any atom is 0.352 e. The minimum Gasteiger partial charge on any atom is -0.490 e. The standard InChI is InChI=1S/C14H12BrNO4/c1-9-6-7-11(10(15)8-9)20-13-5-3-4-12(19-2)14(13)16(17)18/h3-8H,1-2H3. The molecule has 0 aromatic heterocycles. The number of hydrogen-bond donors (Lipinski definition) is 0. The molecule has 0 atom stereocenters.